The molecule has 1 heterocycles. The van der Waals surface area contributed by atoms with Crippen molar-refractivity contribution in [3.63, 3.8) is 0 Å². The second-order valence-corrected chi connectivity index (χ2v) is 5.97. The molecule has 0 atom stereocenters. The van der Waals surface area contributed by atoms with E-state index in [4.69, 9.17) is 11.6 Å². The summed E-state index contributed by atoms with van der Waals surface area (Å²) in [4.78, 5) is 14.0. The summed E-state index contributed by atoms with van der Waals surface area (Å²) in [5, 5.41) is 14.9. The fourth-order valence-corrected chi connectivity index (χ4v) is 2.55. The van der Waals surface area contributed by atoms with Crippen molar-refractivity contribution in [2.45, 2.75) is 13.5 Å². The molecule has 3 aromatic rings. The number of tetrazole rings is 1. The Labute approximate surface area is 150 Å². The molecule has 0 spiro atoms. The average molecular weight is 357 g/mol. The van der Waals surface area contributed by atoms with Gasteiger partial charge in [0.15, 0.2) is 5.82 Å². The Kier molecular flexibility index (Phi) is 4.95. The van der Waals surface area contributed by atoms with Crippen molar-refractivity contribution in [3.05, 3.63) is 64.9 Å². The van der Waals surface area contributed by atoms with Gasteiger partial charge in [0.1, 0.15) is 0 Å². The topological polar surface area (TPSA) is 75.9 Å². The van der Waals surface area contributed by atoms with Crippen molar-refractivity contribution in [2.75, 3.05) is 12.4 Å². The Balaban J connectivity index is 1.71. The van der Waals surface area contributed by atoms with Gasteiger partial charge >= 0.3 is 6.03 Å². The third-order valence-electron chi connectivity index (χ3n) is 3.68. The number of nitrogens with one attached hydrogen (secondary N) is 1. The van der Waals surface area contributed by atoms with Gasteiger partial charge in [-0.25, -0.2) is 4.79 Å². The van der Waals surface area contributed by atoms with E-state index in [0.29, 0.717) is 23.1 Å². The van der Waals surface area contributed by atoms with Crippen LogP contribution < -0.4 is 5.32 Å². The number of anilines is 1. The van der Waals surface area contributed by atoms with Crippen LogP contribution in [0, 0.1) is 6.92 Å². The summed E-state index contributed by atoms with van der Waals surface area (Å²) in [7, 11) is 1.72. The van der Waals surface area contributed by atoms with Crippen LogP contribution in [0.1, 0.15) is 11.4 Å². The number of benzene rings is 2. The third kappa shape index (κ3) is 3.95. The lowest BCUT2D eigenvalue weighted by Crippen LogP contribution is -2.30. The van der Waals surface area contributed by atoms with Crippen molar-refractivity contribution < 1.29 is 4.79 Å². The molecule has 0 saturated heterocycles. The number of aromatic nitrogens is 4. The molecule has 7 nitrogen and oxygen atoms in total. The molecule has 8 heteroatoms. The molecule has 0 radical (unpaired) electrons. The van der Waals surface area contributed by atoms with E-state index in [1.165, 1.54) is 0 Å². The number of carbonyl (C=O) groups is 1. The lowest BCUT2D eigenvalue weighted by Gasteiger charge is -2.19. The first-order valence-corrected chi connectivity index (χ1v) is 8.03. The molecule has 0 aliphatic heterocycles. The zero-order chi connectivity index (χ0) is 17.8. The molecular formula is C17H17ClN6O. The summed E-state index contributed by atoms with van der Waals surface area (Å²) in [6, 6.07) is 14.5. The fraction of sp³-hybridized carbons (Fsp3) is 0.176. The first-order chi connectivity index (χ1) is 12.0. The number of halogens is 1. The van der Waals surface area contributed by atoms with Crippen molar-refractivity contribution in [2.24, 2.45) is 0 Å². The Bertz CT molecular complexity index is 894. The number of nitrogens with zero attached hydrogens (tertiary/aromatic N) is 5. The summed E-state index contributed by atoms with van der Waals surface area (Å²) in [6.45, 7) is 2.22. The maximum absolute atomic E-state index is 12.4. The van der Waals surface area contributed by atoms with Crippen molar-refractivity contribution in [1.29, 1.82) is 0 Å². The van der Waals surface area contributed by atoms with E-state index in [-0.39, 0.29) is 6.03 Å². The molecule has 1 aromatic heterocycles. The minimum absolute atomic E-state index is 0.231. The van der Waals surface area contributed by atoms with E-state index < -0.39 is 0 Å². The first-order valence-electron chi connectivity index (χ1n) is 7.65. The van der Waals surface area contributed by atoms with Gasteiger partial charge in [-0.1, -0.05) is 35.9 Å². The smallest absolute Gasteiger partial charge is 0.321 e. The van der Waals surface area contributed by atoms with Crippen LogP contribution in [0.5, 0.6) is 0 Å². The fourth-order valence-electron chi connectivity index (χ4n) is 2.36. The van der Waals surface area contributed by atoms with E-state index >= 15 is 0 Å². The molecule has 0 saturated carbocycles. The van der Waals surface area contributed by atoms with E-state index in [1.807, 2.05) is 49.4 Å². The molecule has 25 heavy (non-hydrogen) atoms. The molecule has 0 bridgehead atoms. The summed E-state index contributed by atoms with van der Waals surface area (Å²) < 4.78 is 1.60. The lowest BCUT2D eigenvalue weighted by atomic mass is 10.2. The number of urea groups is 1. The van der Waals surface area contributed by atoms with Crippen LogP contribution in [0.2, 0.25) is 5.02 Å². The van der Waals surface area contributed by atoms with Gasteiger partial charge in [-0.05, 0) is 47.2 Å². The van der Waals surface area contributed by atoms with Crippen molar-refractivity contribution in [1.82, 2.24) is 25.1 Å². The van der Waals surface area contributed by atoms with Crippen molar-refractivity contribution >= 4 is 23.3 Å². The van der Waals surface area contributed by atoms with E-state index in [1.54, 1.807) is 22.7 Å². The zero-order valence-corrected chi connectivity index (χ0v) is 14.6. The Morgan fingerprint density at radius 3 is 2.76 bits per heavy atom. The molecule has 2 aromatic carbocycles. The maximum atomic E-state index is 12.4. The van der Waals surface area contributed by atoms with Gasteiger partial charge in [0.25, 0.3) is 0 Å². The molecule has 1 N–H and O–H groups in total. The van der Waals surface area contributed by atoms with Crippen LogP contribution in [0.15, 0.2) is 48.5 Å². The van der Waals surface area contributed by atoms with Crippen LogP contribution in [-0.4, -0.2) is 38.2 Å². The summed E-state index contributed by atoms with van der Waals surface area (Å²) in [6.07, 6.45) is 0. The second kappa shape index (κ2) is 7.31. The van der Waals surface area contributed by atoms with Gasteiger partial charge in [0.05, 0.1) is 5.69 Å². The highest BCUT2D eigenvalue weighted by Crippen LogP contribution is 2.18. The van der Waals surface area contributed by atoms with Crippen LogP contribution >= 0.6 is 11.6 Å². The highest BCUT2D eigenvalue weighted by atomic mass is 35.5. The van der Waals surface area contributed by atoms with Crippen LogP contribution in [0.4, 0.5) is 10.5 Å². The van der Waals surface area contributed by atoms with E-state index in [2.05, 4.69) is 20.8 Å². The number of carbonyl (C=O) groups excluding carboxylic acids is 1. The standard InChI is InChI=1S/C17H17ClN6O/c1-12-20-21-22-24(12)15-8-5-7-14(10-15)19-17(25)23(2)11-13-6-3-4-9-16(13)18/h3-10H,11H2,1-2H3,(H,19,25). The monoisotopic (exact) mass is 356 g/mol. The predicted molar refractivity (Wildman–Crippen MR) is 95.8 cm³/mol. The average Bonchev–Trinajstić information content (AvgIpc) is 3.03. The van der Waals surface area contributed by atoms with Crippen molar-refractivity contribution in [3.8, 4) is 5.69 Å². The Morgan fingerprint density at radius 2 is 2.04 bits per heavy atom. The molecule has 3 rings (SSSR count). The van der Waals surface area contributed by atoms with Crippen LogP contribution in [0.25, 0.3) is 5.69 Å². The first kappa shape index (κ1) is 16.9. The van der Waals surface area contributed by atoms with Gasteiger partial charge in [-0.15, -0.1) is 5.10 Å². The van der Waals surface area contributed by atoms with E-state index in [0.717, 1.165) is 11.3 Å². The molecule has 0 fully saturated rings. The number of hydrogen-bond acceptors (Lipinski definition) is 4. The SMILES string of the molecule is Cc1nnnn1-c1cccc(NC(=O)N(C)Cc2ccccc2Cl)c1. The normalized spacial score (nSPS) is 10.5. The summed E-state index contributed by atoms with van der Waals surface area (Å²) >= 11 is 6.15. The molecular weight excluding hydrogens is 340 g/mol. The Hall–Kier alpha value is -2.93. The maximum Gasteiger partial charge on any atom is 0.321 e. The molecule has 0 aliphatic carbocycles. The number of aryl methyl sites for hydroxylation is 1. The highest BCUT2D eigenvalue weighted by molar-refractivity contribution is 6.31. The van der Waals surface area contributed by atoms with Crippen LogP contribution in [0.3, 0.4) is 0 Å². The molecule has 2 amide bonds. The zero-order valence-electron chi connectivity index (χ0n) is 13.8. The predicted octanol–water partition coefficient (Wildman–Crippen LogP) is 3.29. The number of amides is 2. The van der Waals surface area contributed by atoms with Crippen LogP contribution in [-0.2, 0) is 6.54 Å². The molecule has 128 valence electrons. The second-order valence-electron chi connectivity index (χ2n) is 5.57. The minimum atomic E-state index is -0.231. The number of rotatable bonds is 4. The summed E-state index contributed by atoms with van der Waals surface area (Å²) in [5.74, 6) is 0.666. The van der Waals surface area contributed by atoms with Gasteiger partial charge in [0, 0.05) is 24.3 Å². The quantitative estimate of drug-likeness (QED) is 0.778. The lowest BCUT2D eigenvalue weighted by molar-refractivity contribution is 0.220. The largest absolute Gasteiger partial charge is 0.323 e. The van der Waals surface area contributed by atoms with E-state index in [9.17, 15) is 4.79 Å². The Morgan fingerprint density at radius 1 is 1.24 bits per heavy atom. The van der Waals surface area contributed by atoms with Gasteiger partial charge in [-0.2, -0.15) is 4.68 Å². The minimum Gasteiger partial charge on any atom is -0.323 e. The number of hydrogen-bond donors (Lipinski definition) is 1. The van der Waals surface area contributed by atoms with Gasteiger partial charge in [0.2, 0.25) is 0 Å². The highest BCUT2D eigenvalue weighted by Gasteiger charge is 2.12. The summed E-state index contributed by atoms with van der Waals surface area (Å²) in [5.41, 5.74) is 2.32. The van der Waals surface area contributed by atoms with Gasteiger partial charge < -0.3 is 10.2 Å². The molecule has 0 aliphatic rings. The molecule has 0 unspecified atom stereocenters. The third-order valence-corrected chi connectivity index (χ3v) is 4.05. The van der Waals surface area contributed by atoms with Gasteiger partial charge in [-0.3, -0.25) is 0 Å².